The number of halogens is 6. The molecule has 11 heteroatoms. The topological polar surface area (TPSA) is 55.4 Å². The molecule has 0 saturated heterocycles. The molecule has 5 atom stereocenters. The van der Waals surface area contributed by atoms with E-state index < -0.39 is 46.4 Å². The van der Waals surface area contributed by atoms with Crippen molar-refractivity contribution in [2.24, 2.45) is 17.8 Å². The Morgan fingerprint density at radius 3 is 2.31 bits per heavy atom. The van der Waals surface area contributed by atoms with Gasteiger partial charge >= 0.3 is 12.4 Å². The van der Waals surface area contributed by atoms with E-state index in [1.54, 1.807) is 0 Å². The minimum atomic E-state index is -5.27. The summed E-state index contributed by atoms with van der Waals surface area (Å²) < 4.78 is 99.5. The first kappa shape index (κ1) is 25.0. The highest BCUT2D eigenvalue weighted by Gasteiger charge is 2.74. The number of para-hydroxylation sites is 1. The van der Waals surface area contributed by atoms with Crippen LogP contribution in [0.15, 0.2) is 36.5 Å². The molecule has 2 aliphatic heterocycles. The number of benzene rings is 1. The summed E-state index contributed by atoms with van der Waals surface area (Å²) in [6, 6.07) is 6.09. The van der Waals surface area contributed by atoms with Crippen LogP contribution in [0.25, 0.3) is 0 Å². The van der Waals surface area contributed by atoms with Gasteiger partial charge in [-0.15, -0.1) is 0 Å². The molecule has 3 heterocycles. The maximum absolute atomic E-state index is 14.7. The molecule has 1 saturated carbocycles. The highest BCUT2D eigenvalue weighted by molar-refractivity contribution is 5.72. The van der Waals surface area contributed by atoms with Crippen LogP contribution < -0.4 is 15.4 Å². The number of alkyl halides is 6. The second kappa shape index (κ2) is 8.16. The number of ether oxygens (including phenoxy) is 2. The molecular weight excluding hydrogens is 488 g/mol. The SMILES string of the molecule is CC(C)[C@@H]1CC[C@@H](C)C[C@H]1Oc1cccc2c1NC1(C(F)(F)F)OC2(C(F)(F)F)Nc2ncccc21. The number of aromatic nitrogens is 1. The normalized spacial score (nSPS) is 31.7. The molecule has 2 unspecified atom stereocenters. The maximum atomic E-state index is 14.7. The molecular formula is C25H27F6N3O2. The Hall–Kier alpha value is -2.69. The van der Waals surface area contributed by atoms with E-state index in [4.69, 9.17) is 9.47 Å². The van der Waals surface area contributed by atoms with Crippen molar-refractivity contribution < 1.29 is 35.8 Å². The van der Waals surface area contributed by atoms with Crippen LogP contribution in [0.3, 0.4) is 0 Å². The van der Waals surface area contributed by atoms with E-state index in [-0.39, 0.29) is 23.7 Å². The Kier molecular flexibility index (Phi) is 5.66. The molecule has 5 rings (SSSR count). The summed E-state index contributed by atoms with van der Waals surface area (Å²) in [4.78, 5) is 3.78. The van der Waals surface area contributed by atoms with Crippen molar-refractivity contribution in [3.8, 4) is 5.75 Å². The first-order valence-electron chi connectivity index (χ1n) is 11.9. The van der Waals surface area contributed by atoms with Gasteiger partial charge in [-0.05, 0) is 48.8 Å². The third-order valence-corrected chi connectivity index (χ3v) is 7.53. The van der Waals surface area contributed by atoms with Crippen molar-refractivity contribution in [1.82, 2.24) is 4.98 Å². The smallest absolute Gasteiger partial charge is 0.441 e. The number of nitrogens with zero attached hydrogens (tertiary/aromatic N) is 1. The average Bonchev–Trinajstić information content (AvgIpc) is 2.78. The second-order valence-electron chi connectivity index (χ2n) is 10.3. The highest BCUT2D eigenvalue weighted by atomic mass is 19.4. The summed E-state index contributed by atoms with van der Waals surface area (Å²) >= 11 is 0. The molecule has 196 valence electrons. The van der Waals surface area contributed by atoms with Crippen LogP contribution in [0.5, 0.6) is 5.75 Å². The van der Waals surface area contributed by atoms with Gasteiger partial charge in [0.15, 0.2) is 0 Å². The third kappa shape index (κ3) is 3.61. The van der Waals surface area contributed by atoms with Crippen molar-refractivity contribution in [1.29, 1.82) is 0 Å². The van der Waals surface area contributed by atoms with Gasteiger partial charge in [0.25, 0.3) is 11.4 Å². The number of pyridine rings is 1. The van der Waals surface area contributed by atoms with E-state index in [0.29, 0.717) is 12.3 Å². The molecule has 1 aromatic carbocycles. The highest BCUT2D eigenvalue weighted by Crippen LogP contribution is 2.62. The molecule has 1 fully saturated rings. The summed E-state index contributed by atoms with van der Waals surface area (Å²) in [7, 11) is 0. The predicted octanol–water partition coefficient (Wildman–Crippen LogP) is 6.92. The molecule has 2 bridgehead atoms. The Morgan fingerprint density at radius 1 is 0.972 bits per heavy atom. The zero-order chi connectivity index (χ0) is 26.1. The van der Waals surface area contributed by atoms with Gasteiger partial charge in [0.2, 0.25) is 0 Å². The van der Waals surface area contributed by atoms with Gasteiger partial charge in [-0.1, -0.05) is 39.3 Å². The standard InChI is InChI=1S/C25H27F6N3O2/c1-13(2)15-10-9-14(3)12-19(15)35-18-8-4-6-16-20(18)33-23(25(29,30)31)17-7-5-11-32-21(17)34-22(16,36-23)24(26,27)28/h4-8,11,13-15,19,33H,9-10,12H2,1-3H3,(H,32,34)/t14-,15+,19-,22?,23?/m1/s1. The molecule has 36 heavy (non-hydrogen) atoms. The van der Waals surface area contributed by atoms with E-state index in [1.165, 1.54) is 18.2 Å². The molecule has 2 aromatic rings. The molecule has 3 aliphatic rings. The first-order valence-corrected chi connectivity index (χ1v) is 11.9. The van der Waals surface area contributed by atoms with Gasteiger partial charge in [0.1, 0.15) is 17.7 Å². The number of fused-ring (bicyclic) bond motifs is 6. The molecule has 2 N–H and O–H groups in total. The fourth-order valence-electron chi connectivity index (χ4n) is 5.68. The molecule has 1 aromatic heterocycles. The van der Waals surface area contributed by atoms with Gasteiger partial charge in [-0.25, -0.2) is 4.98 Å². The van der Waals surface area contributed by atoms with Crippen LogP contribution in [0, 0.1) is 17.8 Å². The Labute approximate surface area is 204 Å². The lowest BCUT2D eigenvalue weighted by molar-refractivity contribution is -0.369. The third-order valence-electron chi connectivity index (χ3n) is 7.53. The van der Waals surface area contributed by atoms with E-state index in [9.17, 15) is 26.3 Å². The summed E-state index contributed by atoms with van der Waals surface area (Å²) in [6.45, 7) is 6.15. The van der Waals surface area contributed by atoms with Gasteiger partial charge < -0.3 is 20.1 Å². The number of anilines is 2. The number of nitrogens with one attached hydrogen (secondary N) is 2. The van der Waals surface area contributed by atoms with E-state index in [2.05, 4.69) is 22.5 Å². The Bertz CT molecular complexity index is 1150. The predicted molar refractivity (Wildman–Crippen MR) is 120 cm³/mol. The van der Waals surface area contributed by atoms with Crippen molar-refractivity contribution >= 4 is 11.5 Å². The van der Waals surface area contributed by atoms with Crippen LogP contribution in [-0.4, -0.2) is 23.4 Å². The molecule has 5 nitrogen and oxygen atoms in total. The lowest BCUT2D eigenvalue weighted by Gasteiger charge is -2.54. The average molecular weight is 515 g/mol. The molecule has 0 spiro atoms. The van der Waals surface area contributed by atoms with E-state index >= 15 is 0 Å². The fraction of sp³-hybridized carbons (Fsp3) is 0.560. The lowest BCUT2D eigenvalue weighted by atomic mass is 9.75. The number of rotatable bonds is 3. The summed E-state index contributed by atoms with van der Waals surface area (Å²) in [6.07, 6.45) is -7.25. The van der Waals surface area contributed by atoms with Gasteiger partial charge in [0.05, 0.1) is 11.3 Å². The van der Waals surface area contributed by atoms with Crippen molar-refractivity contribution in [3.05, 3.63) is 47.7 Å². The van der Waals surface area contributed by atoms with E-state index in [1.807, 2.05) is 13.8 Å². The van der Waals surface area contributed by atoms with Crippen molar-refractivity contribution in [2.75, 3.05) is 10.6 Å². The molecule has 0 radical (unpaired) electrons. The quantitative estimate of drug-likeness (QED) is 0.435. The monoisotopic (exact) mass is 515 g/mol. The number of hydrogen-bond acceptors (Lipinski definition) is 5. The lowest BCUT2D eigenvalue weighted by Crippen LogP contribution is -2.68. The van der Waals surface area contributed by atoms with Gasteiger partial charge in [-0.3, -0.25) is 0 Å². The van der Waals surface area contributed by atoms with E-state index in [0.717, 1.165) is 31.2 Å². The second-order valence-corrected chi connectivity index (χ2v) is 10.3. The first-order chi connectivity index (χ1) is 16.8. The largest absolute Gasteiger partial charge is 0.488 e. The van der Waals surface area contributed by atoms with Gasteiger partial charge in [0, 0.05) is 11.8 Å². The molecule has 1 aliphatic carbocycles. The van der Waals surface area contributed by atoms with Crippen LogP contribution >= 0.6 is 0 Å². The summed E-state index contributed by atoms with van der Waals surface area (Å²) in [5.41, 5.74) is -8.54. The number of hydrogen-bond donors (Lipinski definition) is 2. The maximum Gasteiger partial charge on any atom is 0.441 e. The zero-order valence-corrected chi connectivity index (χ0v) is 19.9. The Morgan fingerprint density at radius 2 is 1.64 bits per heavy atom. The summed E-state index contributed by atoms with van der Waals surface area (Å²) in [5, 5.41) is 4.44. The zero-order valence-electron chi connectivity index (χ0n) is 19.9. The van der Waals surface area contributed by atoms with Crippen LogP contribution in [-0.2, 0) is 16.2 Å². The molecule has 0 amide bonds. The van der Waals surface area contributed by atoms with Crippen LogP contribution in [0.2, 0.25) is 0 Å². The van der Waals surface area contributed by atoms with Crippen molar-refractivity contribution in [3.63, 3.8) is 0 Å². The van der Waals surface area contributed by atoms with Crippen LogP contribution in [0.4, 0.5) is 37.8 Å². The van der Waals surface area contributed by atoms with Crippen molar-refractivity contribution in [2.45, 2.75) is 69.9 Å². The minimum absolute atomic E-state index is 0.0723. The minimum Gasteiger partial charge on any atom is -0.488 e. The summed E-state index contributed by atoms with van der Waals surface area (Å²) in [5.74, 6) is 0.0385. The Balaban J connectivity index is 1.70. The van der Waals surface area contributed by atoms with Gasteiger partial charge in [-0.2, -0.15) is 26.3 Å². The van der Waals surface area contributed by atoms with Crippen LogP contribution in [0.1, 0.15) is 51.2 Å². The fourth-order valence-corrected chi connectivity index (χ4v) is 5.68.